The normalized spacial score (nSPS) is 11.7. The Balaban J connectivity index is 1.88. The van der Waals surface area contributed by atoms with Crippen molar-refractivity contribution < 1.29 is 17.7 Å². The van der Waals surface area contributed by atoms with Crippen molar-refractivity contribution in [2.75, 3.05) is 0 Å². The van der Waals surface area contributed by atoms with Gasteiger partial charge >= 0.3 is 6.18 Å². The molecule has 0 saturated heterocycles. The van der Waals surface area contributed by atoms with Gasteiger partial charge in [0, 0.05) is 11.6 Å². The Morgan fingerprint density at radius 3 is 2.19 bits per heavy atom. The maximum atomic E-state index is 13.6. The number of nitrogens with zero attached hydrogens (tertiary/aromatic N) is 3. The first kappa shape index (κ1) is 17.4. The van der Waals surface area contributed by atoms with E-state index in [-0.39, 0.29) is 16.4 Å². The van der Waals surface area contributed by atoms with Crippen molar-refractivity contribution in [1.82, 2.24) is 14.9 Å². The molecule has 0 unspecified atom stereocenters. The highest BCUT2D eigenvalue weighted by atomic mass is 35.5. The Morgan fingerprint density at radius 2 is 1.56 bits per heavy atom. The minimum atomic E-state index is -4.70. The minimum absolute atomic E-state index is 0.0339. The Hall–Kier alpha value is -3.06. The first-order chi connectivity index (χ1) is 12.9. The monoisotopic (exact) mass is 389 g/mol. The van der Waals surface area contributed by atoms with E-state index in [9.17, 15) is 13.2 Å². The van der Waals surface area contributed by atoms with Gasteiger partial charge in [0.1, 0.15) is 10.8 Å². The van der Waals surface area contributed by atoms with Crippen LogP contribution in [-0.2, 0) is 6.18 Å². The zero-order chi connectivity index (χ0) is 19.0. The first-order valence-electron chi connectivity index (χ1n) is 7.89. The van der Waals surface area contributed by atoms with Crippen LogP contribution in [0.2, 0.25) is 5.15 Å². The van der Waals surface area contributed by atoms with Crippen molar-refractivity contribution in [3.05, 3.63) is 77.6 Å². The number of aromatic nitrogens is 3. The van der Waals surface area contributed by atoms with Gasteiger partial charge in [-0.15, -0.1) is 0 Å². The van der Waals surface area contributed by atoms with Crippen molar-refractivity contribution >= 4 is 11.6 Å². The third-order valence-electron chi connectivity index (χ3n) is 3.92. The molecule has 0 radical (unpaired) electrons. The molecule has 4 rings (SSSR count). The van der Waals surface area contributed by atoms with Gasteiger partial charge < -0.3 is 4.52 Å². The summed E-state index contributed by atoms with van der Waals surface area (Å²) in [4.78, 5) is 0. The predicted octanol–water partition coefficient (Wildman–Crippen LogP) is 5.87. The number of rotatable bonds is 3. The lowest BCUT2D eigenvalue weighted by Crippen LogP contribution is -2.08. The third-order valence-corrected chi connectivity index (χ3v) is 4.27. The summed E-state index contributed by atoms with van der Waals surface area (Å²) < 4.78 is 47.0. The molecule has 0 bridgehead atoms. The number of hydrogen-bond donors (Lipinski definition) is 0. The van der Waals surface area contributed by atoms with Crippen LogP contribution < -0.4 is 0 Å². The summed E-state index contributed by atoms with van der Waals surface area (Å²) in [5, 5.41) is 7.29. The van der Waals surface area contributed by atoms with Gasteiger partial charge in [0.05, 0.1) is 11.3 Å². The summed E-state index contributed by atoms with van der Waals surface area (Å²) in [5.74, 6) is 0.335. The number of alkyl halides is 3. The fourth-order valence-corrected chi connectivity index (χ4v) is 3.02. The Kier molecular flexibility index (Phi) is 4.24. The molecule has 0 saturated carbocycles. The average molecular weight is 390 g/mol. The Labute approximate surface area is 156 Å². The van der Waals surface area contributed by atoms with Crippen LogP contribution in [0.25, 0.3) is 28.3 Å². The molecule has 0 aliphatic carbocycles. The van der Waals surface area contributed by atoms with Gasteiger partial charge in [0.25, 0.3) is 0 Å². The highest BCUT2D eigenvalue weighted by molar-refractivity contribution is 6.32. The molecule has 4 aromatic rings. The minimum Gasteiger partial charge on any atom is -0.356 e. The van der Waals surface area contributed by atoms with E-state index in [0.29, 0.717) is 17.0 Å². The van der Waals surface area contributed by atoms with Crippen LogP contribution >= 0.6 is 11.6 Å². The lowest BCUT2D eigenvalue weighted by molar-refractivity contribution is -0.140. The summed E-state index contributed by atoms with van der Waals surface area (Å²) in [6.07, 6.45) is -4.70. The molecule has 0 spiro atoms. The topological polar surface area (TPSA) is 43.9 Å². The van der Waals surface area contributed by atoms with Gasteiger partial charge in [-0.1, -0.05) is 65.3 Å². The lowest BCUT2D eigenvalue weighted by Gasteiger charge is -2.03. The quantitative estimate of drug-likeness (QED) is 0.440. The molecule has 0 aliphatic rings. The summed E-state index contributed by atoms with van der Waals surface area (Å²) in [7, 11) is 0. The second kappa shape index (κ2) is 6.59. The van der Waals surface area contributed by atoms with Gasteiger partial charge in [0.2, 0.25) is 0 Å². The summed E-state index contributed by atoms with van der Waals surface area (Å²) in [6.45, 7) is 0. The molecule has 2 heterocycles. The SMILES string of the molecule is FC(F)(F)c1nn(-c2ccccc2)c(Cl)c1-c1cc(-c2ccccc2)on1. The van der Waals surface area contributed by atoms with E-state index in [1.807, 2.05) is 6.07 Å². The molecule has 8 heteroatoms. The molecule has 0 atom stereocenters. The van der Waals surface area contributed by atoms with Crippen LogP contribution in [-0.4, -0.2) is 14.9 Å². The van der Waals surface area contributed by atoms with Crippen molar-refractivity contribution in [3.8, 4) is 28.3 Å². The Bertz CT molecular complexity index is 1070. The fraction of sp³-hybridized carbons (Fsp3) is 0.0526. The van der Waals surface area contributed by atoms with E-state index in [2.05, 4.69) is 10.3 Å². The second-order valence-corrected chi connectivity index (χ2v) is 6.06. The van der Waals surface area contributed by atoms with Crippen LogP contribution in [0.3, 0.4) is 0 Å². The number of benzene rings is 2. The van der Waals surface area contributed by atoms with Crippen molar-refractivity contribution in [1.29, 1.82) is 0 Å². The molecule has 2 aromatic heterocycles. The summed E-state index contributed by atoms with van der Waals surface area (Å²) in [5.41, 5.74) is -0.376. The number of para-hydroxylation sites is 1. The van der Waals surface area contributed by atoms with Gasteiger partial charge in [-0.25, -0.2) is 4.68 Å². The maximum Gasteiger partial charge on any atom is 0.435 e. The molecule has 0 N–H and O–H groups in total. The van der Waals surface area contributed by atoms with E-state index >= 15 is 0 Å². The second-order valence-electron chi connectivity index (χ2n) is 5.70. The molecule has 136 valence electrons. The van der Waals surface area contributed by atoms with Gasteiger partial charge in [0.15, 0.2) is 11.5 Å². The van der Waals surface area contributed by atoms with Crippen LogP contribution in [0.15, 0.2) is 71.3 Å². The average Bonchev–Trinajstić information content (AvgIpc) is 3.27. The molecule has 0 fully saturated rings. The zero-order valence-electron chi connectivity index (χ0n) is 13.6. The van der Waals surface area contributed by atoms with Gasteiger partial charge in [-0.2, -0.15) is 18.3 Å². The molecular weight excluding hydrogens is 379 g/mol. The predicted molar refractivity (Wildman–Crippen MR) is 94.5 cm³/mol. The standard InChI is InChI=1S/C19H11ClF3N3O/c20-18-16(14-11-15(27-25-14)12-7-3-1-4-8-12)17(19(21,22)23)24-26(18)13-9-5-2-6-10-13/h1-11H. The molecular formula is C19H11ClF3N3O. The van der Waals surface area contributed by atoms with Gasteiger partial charge in [-0.3, -0.25) is 0 Å². The van der Waals surface area contributed by atoms with Crippen LogP contribution in [0.1, 0.15) is 5.69 Å². The first-order valence-corrected chi connectivity index (χ1v) is 8.26. The number of hydrogen-bond acceptors (Lipinski definition) is 3. The van der Waals surface area contributed by atoms with E-state index < -0.39 is 11.9 Å². The fourth-order valence-electron chi connectivity index (χ4n) is 2.69. The highest BCUT2D eigenvalue weighted by Crippen LogP contribution is 2.41. The number of halogens is 4. The summed E-state index contributed by atoms with van der Waals surface area (Å²) in [6, 6.07) is 18.7. The van der Waals surface area contributed by atoms with Crippen LogP contribution in [0.5, 0.6) is 0 Å². The summed E-state index contributed by atoms with van der Waals surface area (Å²) >= 11 is 6.28. The van der Waals surface area contributed by atoms with E-state index in [1.54, 1.807) is 54.6 Å². The highest BCUT2D eigenvalue weighted by Gasteiger charge is 2.40. The van der Waals surface area contributed by atoms with E-state index in [0.717, 1.165) is 4.68 Å². The van der Waals surface area contributed by atoms with E-state index in [4.69, 9.17) is 16.1 Å². The van der Waals surface area contributed by atoms with Crippen LogP contribution in [0.4, 0.5) is 13.2 Å². The molecule has 2 aromatic carbocycles. The van der Waals surface area contributed by atoms with Crippen LogP contribution in [0, 0.1) is 0 Å². The third kappa shape index (κ3) is 3.21. The maximum absolute atomic E-state index is 13.6. The zero-order valence-corrected chi connectivity index (χ0v) is 14.4. The largest absolute Gasteiger partial charge is 0.435 e. The Morgan fingerprint density at radius 1 is 0.926 bits per heavy atom. The molecule has 0 amide bonds. The van der Waals surface area contributed by atoms with Crippen molar-refractivity contribution in [2.24, 2.45) is 0 Å². The van der Waals surface area contributed by atoms with E-state index in [1.165, 1.54) is 6.07 Å². The van der Waals surface area contributed by atoms with Crippen molar-refractivity contribution in [2.45, 2.75) is 6.18 Å². The van der Waals surface area contributed by atoms with Crippen molar-refractivity contribution in [3.63, 3.8) is 0 Å². The molecule has 4 nitrogen and oxygen atoms in total. The van der Waals surface area contributed by atoms with Gasteiger partial charge in [-0.05, 0) is 12.1 Å². The lowest BCUT2D eigenvalue weighted by atomic mass is 10.1. The smallest absolute Gasteiger partial charge is 0.356 e. The molecule has 0 aliphatic heterocycles. The molecule has 27 heavy (non-hydrogen) atoms.